The fourth-order valence-electron chi connectivity index (χ4n) is 2.59. The number of ether oxygens (including phenoxy) is 1. The van der Waals surface area contributed by atoms with Crippen LogP contribution in [0.5, 0.6) is 5.75 Å². The summed E-state index contributed by atoms with van der Waals surface area (Å²) in [7, 11) is 0. The Hall–Kier alpha value is -1.51. The van der Waals surface area contributed by atoms with Crippen molar-refractivity contribution in [1.29, 1.82) is 0 Å². The van der Waals surface area contributed by atoms with Crippen molar-refractivity contribution in [1.82, 2.24) is 5.32 Å². The third-order valence-electron chi connectivity index (χ3n) is 3.50. The number of amides is 1. The van der Waals surface area contributed by atoms with Gasteiger partial charge in [0.2, 0.25) is 0 Å². The van der Waals surface area contributed by atoms with Crippen molar-refractivity contribution in [2.24, 2.45) is 5.92 Å². The van der Waals surface area contributed by atoms with E-state index < -0.39 is 0 Å². The van der Waals surface area contributed by atoms with Crippen molar-refractivity contribution in [3.05, 3.63) is 29.8 Å². The molecule has 1 N–H and O–H groups in total. The molecule has 0 radical (unpaired) electrons. The zero-order valence-electron chi connectivity index (χ0n) is 12.0. The number of rotatable bonds is 4. The van der Waals surface area contributed by atoms with Crippen LogP contribution in [0.15, 0.2) is 24.3 Å². The SMILES string of the molecule is CC1CCC(NC(=O)c2cccc(OC(C)C)c2)C1. The number of benzene rings is 1. The average Bonchev–Trinajstić information content (AvgIpc) is 2.74. The molecule has 19 heavy (non-hydrogen) atoms. The van der Waals surface area contributed by atoms with Crippen LogP contribution in [-0.2, 0) is 0 Å². The monoisotopic (exact) mass is 261 g/mol. The first kappa shape index (κ1) is 13.9. The number of nitrogens with one attached hydrogen (secondary N) is 1. The van der Waals surface area contributed by atoms with Crippen molar-refractivity contribution in [2.75, 3.05) is 0 Å². The summed E-state index contributed by atoms with van der Waals surface area (Å²) < 4.78 is 5.61. The molecule has 0 heterocycles. The summed E-state index contributed by atoms with van der Waals surface area (Å²) in [5.74, 6) is 1.48. The highest BCUT2D eigenvalue weighted by molar-refractivity contribution is 5.94. The maximum Gasteiger partial charge on any atom is 0.251 e. The zero-order valence-corrected chi connectivity index (χ0v) is 12.0. The minimum absolute atomic E-state index is 0.00769. The second kappa shape index (κ2) is 6.09. The second-order valence-electron chi connectivity index (χ2n) is 5.78. The van der Waals surface area contributed by atoms with E-state index in [0.29, 0.717) is 11.6 Å². The van der Waals surface area contributed by atoms with Crippen LogP contribution in [0.25, 0.3) is 0 Å². The molecule has 2 atom stereocenters. The van der Waals surface area contributed by atoms with E-state index in [9.17, 15) is 4.79 Å². The highest BCUT2D eigenvalue weighted by Gasteiger charge is 2.23. The molecule has 1 aromatic rings. The van der Waals surface area contributed by atoms with Gasteiger partial charge in [-0.05, 0) is 57.2 Å². The van der Waals surface area contributed by atoms with Crippen LogP contribution < -0.4 is 10.1 Å². The third kappa shape index (κ3) is 3.98. The lowest BCUT2D eigenvalue weighted by Crippen LogP contribution is -2.32. The zero-order chi connectivity index (χ0) is 13.8. The summed E-state index contributed by atoms with van der Waals surface area (Å²) >= 11 is 0. The van der Waals surface area contributed by atoms with Gasteiger partial charge in [0, 0.05) is 11.6 Å². The van der Waals surface area contributed by atoms with E-state index in [-0.39, 0.29) is 12.0 Å². The van der Waals surface area contributed by atoms with Crippen LogP contribution in [0.2, 0.25) is 0 Å². The Morgan fingerprint density at radius 1 is 1.37 bits per heavy atom. The molecule has 0 aliphatic heterocycles. The van der Waals surface area contributed by atoms with Crippen molar-refractivity contribution >= 4 is 5.91 Å². The molecule has 1 aliphatic rings. The van der Waals surface area contributed by atoms with Crippen molar-refractivity contribution < 1.29 is 9.53 Å². The number of carbonyl (C=O) groups is 1. The van der Waals surface area contributed by atoms with Gasteiger partial charge in [0.25, 0.3) is 5.91 Å². The fourth-order valence-corrected chi connectivity index (χ4v) is 2.59. The molecule has 1 saturated carbocycles. The van der Waals surface area contributed by atoms with E-state index in [2.05, 4.69) is 12.2 Å². The number of hydrogen-bond acceptors (Lipinski definition) is 2. The maximum absolute atomic E-state index is 12.2. The smallest absolute Gasteiger partial charge is 0.251 e. The number of carbonyl (C=O) groups excluding carboxylic acids is 1. The molecular weight excluding hydrogens is 238 g/mol. The third-order valence-corrected chi connectivity index (χ3v) is 3.50. The van der Waals surface area contributed by atoms with Crippen LogP contribution in [0.3, 0.4) is 0 Å². The van der Waals surface area contributed by atoms with Crippen LogP contribution in [0, 0.1) is 5.92 Å². The molecule has 1 fully saturated rings. The quantitative estimate of drug-likeness (QED) is 0.902. The lowest BCUT2D eigenvalue weighted by molar-refractivity contribution is 0.0936. The molecule has 2 unspecified atom stereocenters. The predicted molar refractivity (Wildman–Crippen MR) is 76.5 cm³/mol. The van der Waals surface area contributed by atoms with E-state index in [1.807, 2.05) is 38.1 Å². The van der Waals surface area contributed by atoms with Gasteiger partial charge in [-0.1, -0.05) is 13.0 Å². The lowest BCUT2D eigenvalue weighted by Gasteiger charge is -2.14. The summed E-state index contributed by atoms with van der Waals surface area (Å²) in [5.41, 5.74) is 0.678. The van der Waals surface area contributed by atoms with Gasteiger partial charge in [-0.3, -0.25) is 4.79 Å². The van der Waals surface area contributed by atoms with Crippen molar-refractivity contribution in [3.8, 4) is 5.75 Å². The van der Waals surface area contributed by atoms with Gasteiger partial charge in [0.15, 0.2) is 0 Å². The van der Waals surface area contributed by atoms with Gasteiger partial charge in [-0.2, -0.15) is 0 Å². The molecule has 3 heteroatoms. The lowest BCUT2D eigenvalue weighted by atomic mass is 10.1. The summed E-state index contributed by atoms with van der Waals surface area (Å²) in [5, 5.41) is 3.11. The van der Waals surface area contributed by atoms with E-state index in [0.717, 1.165) is 24.5 Å². The first-order chi connectivity index (χ1) is 9.04. The standard InChI is InChI=1S/C16H23NO2/c1-11(2)19-15-6-4-5-13(10-15)16(18)17-14-8-7-12(3)9-14/h4-6,10-12,14H,7-9H2,1-3H3,(H,17,18). The first-order valence-electron chi connectivity index (χ1n) is 7.12. The molecule has 0 bridgehead atoms. The van der Waals surface area contributed by atoms with Gasteiger partial charge in [0.05, 0.1) is 6.10 Å². The predicted octanol–water partition coefficient (Wildman–Crippen LogP) is 3.39. The van der Waals surface area contributed by atoms with E-state index >= 15 is 0 Å². The van der Waals surface area contributed by atoms with E-state index in [1.165, 1.54) is 6.42 Å². The Kier molecular flexibility index (Phi) is 4.46. The minimum atomic E-state index is 0.00769. The summed E-state index contributed by atoms with van der Waals surface area (Å²) in [6.07, 6.45) is 3.51. The van der Waals surface area contributed by atoms with Crippen LogP contribution >= 0.6 is 0 Å². The molecular formula is C16H23NO2. The normalized spacial score (nSPS) is 22.5. The van der Waals surface area contributed by atoms with Crippen LogP contribution in [0.4, 0.5) is 0 Å². The van der Waals surface area contributed by atoms with Gasteiger partial charge < -0.3 is 10.1 Å². The van der Waals surface area contributed by atoms with Gasteiger partial charge in [0.1, 0.15) is 5.75 Å². The molecule has 0 aromatic heterocycles. The molecule has 3 nitrogen and oxygen atoms in total. The topological polar surface area (TPSA) is 38.3 Å². The van der Waals surface area contributed by atoms with Crippen LogP contribution in [-0.4, -0.2) is 18.1 Å². The van der Waals surface area contributed by atoms with Gasteiger partial charge in [-0.15, -0.1) is 0 Å². The van der Waals surface area contributed by atoms with Crippen molar-refractivity contribution in [3.63, 3.8) is 0 Å². The molecule has 2 rings (SSSR count). The molecule has 0 spiro atoms. The highest BCUT2D eigenvalue weighted by Crippen LogP contribution is 2.25. The summed E-state index contributed by atoms with van der Waals surface area (Å²) in [6, 6.07) is 7.73. The molecule has 1 aliphatic carbocycles. The van der Waals surface area contributed by atoms with E-state index in [4.69, 9.17) is 4.74 Å². The average molecular weight is 261 g/mol. The van der Waals surface area contributed by atoms with Crippen LogP contribution in [0.1, 0.15) is 50.4 Å². The Labute approximate surface area is 115 Å². The van der Waals surface area contributed by atoms with E-state index in [1.54, 1.807) is 0 Å². The van der Waals surface area contributed by atoms with Crippen molar-refractivity contribution in [2.45, 2.75) is 52.2 Å². The maximum atomic E-state index is 12.2. The Balaban J connectivity index is 1.98. The second-order valence-corrected chi connectivity index (χ2v) is 5.78. The highest BCUT2D eigenvalue weighted by atomic mass is 16.5. The Morgan fingerprint density at radius 2 is 2.16 bits per heavy atom. The minimum Gasteiger partial charge on any atom is -0.491 e. The largest absolute Gasteiger partial charge is 0.491 e. The molecule has 1 aromatic carbocycles. The van der Waals surface area contributed by atoms with Gasteiger partial charge >= 0.3 is 0 Å². The molecule has 0 saturated heterocycles. The Morgan fingerprint density at radius 3 is 2.79 bits per heavy atom. The fraction of sp³-hybridized carbons (Fsp3) is 0.562. The first-order valence-corrected chi connectivity index (χ1v) is 7.12. The van der Waals surface area contributed by atoms with Gasteiger partial charge in [-0.25, -0.2) is 0 Å². The molecule has 104 valence electrons. The summed E-state index contributed by atoms with van der Waals surface area (Å²) in [4.78, 5) is 12.2. The summed E-state index contributed by atoms with van der Waals surface area (Å²) in [6.45, 7) is 6.20. The number of hydrogen-bond donors (Lipinski definition) is 1. The Bertz CT molecular complexity index is 442. The molecule has 1 amide bonds.